The van der Waals surface area contributed by atoms with E-state index in [1.165, 1.54) is 11.3 Å². The van der Waals surface area contributed by atoms with E-state index in [4.69, 9.17) is 5.11 Å². The summed E-state index contributed by atoms with van der Waals surface area (Å²) in [7, 11) is 0. The highest BCUT2D eigenvalue weighted by Crippen LogP contribution is 2.37. The Balaban J connectivity index is 1.83. The Kier molecular flexibility index (Phi) is 7.97. The van der Waals surface area contributed by atoms with E-state index in [9.17, 15) is 9.59 Å². The largest absolute Gasteiger partial charge is 0.395 e. The lowest BCUT2D eigenvalue weighted by molar-refractivity contribution is -0.125. The van der Waals surface area contributed by atoms with E-state index in [-0.39, 0.29) is 37.9 Å². The quantitative estimate of drug-likeness (QED) is 0.450. The van der Waals surface area contributed by atoms with E-state index in [0.29, 0.717) is 5.01 Å². The summed E-state index contributed by atoms with van der Waals surface area (Å²) in [5, 5.41) is 14.5. The lowest BCUT2D eigenvalue weighted by Crippen LogP contribution is -2.38. The van der Waals surface area contributed by atoms with Crippen LogP contribution in [0.5, 0.6) is 0 Å². The van der Waals surface area contributed by atoms with Crippen molar-refractivity contribution in [3.63, 3.8) is 0 Å². The molecule has 1 aromatic heterocycles. The summed E-state index contributed by atoms with van der Waals surface area (Å²) in [5.41, 5.74) is 4.30. The molecule has 3 N–H and O–H groups in total. The van der Waals surface area contributed by atoms with Crippen molar-refractivity contribution in [3.8, 4) is 11.1 Å². The molecule has 0 aliphatic carbocycles. The van der Waals surface area contributed by atoms with Crippen LogP contribution in [0.15, 0.2) is 42.5 Å². The van der Waals surface area contributed by atoms with E-state index >= 15 is 0 Å². The third-order valence-corrected chi connectivity index (χ3v) is 5.95. The Morgan fingerprint density at radius 1 is 1.06 bits per heavy atom. The number of aromatic nitrogens is 1. The minimum absolute atomic E-state index is 0.117. The zero-order chi connectivity index (χ0) is 22.2. The van der Waals surface area contributed by atoms with Crippen LogP contribution in [-0.4, -0.2) is 54.7 Å². The first kappa shape index (κ1) is 22.7. The molecule has 3 rings (SSSR count). The molecule has 0 spiro atoms. The standard InChI is InChI=1S/C23H28N4O3S/c1-3-27(4-2)19-13-18-20(12-17(19)16-8-6-5-7-9-16)31-23(26-18)14-21(29)25-15-22(30)24-10-11-28/h5-9,12-13,28H,3-4,10-11,14-15H2,1-2H3,(H,24,30)(H,25,29). The number of carbonyl (C=O) groups is 2. The third-order valence-electron chi connectivity index (χ3n) is 4.93. The fourth-order valence-corrected chi connectivity index (χ4v) is 4.38. The molecule has 0 bridgehead atoms. The monoisotopic (exact) mass is 440 g/mol. The summed E-state index contributed by atoms with van der Waals surface area (Å²) in [5.74, 6) is -0.589. The molecule has 0 aliphatic heterocycles. The first-order valence-corrected chi connectivity index (χ1v) is 11.2. The normalized spacial score (nSPS) is 10.8. The smallest absolute Gasteiger partial charge is 0.239 e. The molecule has 0 radical (unpaired) electrons. The van der Waals surface area contributed by atoms with Crippen molar-refractivity contribution in [1.29, 1.82) is 0 Å². The van der Waals surface area contributed by atoms with E-state index in [2.05, 4.69) is 58.6 Å². The van der Waals surface area contributed by atoms with Gasteiger partial charge < -0.3 is 20.6 Å². The zero-order valence-electron chi connectivity index (χ0n) is 17.9. The molecule has 3 aromatic rings. The molecule has 1 heterocycles. The van der Waals surface area contributed by atoms with Crippen LogP contribution < -0.4 is 15.5 Å². The Labute approximate surface area is 186 Å². The third kappa shape index (κ3) is 5.80. The van der Waals surface area contributed by atoms with Crippen molar-refractivity contribution in [2.24, 2.45) is 0 Å². The number of benzene rings is 2. The van der Waals surface area contributed by atoms with Gasteiger partial charge in [-0.2, -0.15) is 0 Å². The second-order valence-corrected chi connectivity index (χ2v) is 8.13. The maximum Gasteiger partial charge on any atom is 0.239 e. The SMILES string of the molecule is CCN(CC)c1cc2nc(CC(=O)NCC(=O)NCCO)sc2cc1-c1ccccc1. The van der Waals surface area contributed by atoms with Crippen molar-refractivity contribution in [3.05, 3.63) is 47.5 Å². The number of aliphatic hydroxyl groups excluding tert-OH is 1. The predicted molar refractivity (Wildman–Crippen MR) is 125 cm³/mol. The summed E-state index contributed by atoms with van der Waals surface area (Å²) in [6, 6.07) is 14.5. The van der Waals surface area contributed by atoms with E-state index in [1.807, 2.05) is 18.2 Å². The minimum atomic E-state index is -0.330. The molecule has 0 saturated carbocycles. The highest BCUT2D eigenvalue weighted by Gasteiger charge is 2.16. The number of fused-ring (bicyclic) bond motifs is 1. The Morgan fingerprint density at radius 2 is 1.81 bits per heavy atom. The summed E-state index contributed by atoms with van der Waals surface area (Å²) in [4.78, 5) is 30.8. The Hall–Kier alpha value is -2.97. The second kappa shape index (κ2) is 10.9. The van der Waals surface area contributed by atoms with Crippen molar-refractivity contribution >= 4 is 39.1 Å². The number of carbonyl (C=O) groups excluding carboxylic acids is 2. The number of thiazole rings is 1. The summed E-state index contributed by atoms with van der Waals surface area (Å²) in [6.07, 6.45) is 0.119. The molecular weight excluding hydrogens is 412 g/mol. The van der Waals surface area contributed by atoms with Gasteiger partial charge in [0.2, 0.25) is 11.8 Å². The number of nitrogens with zero attached hydrogens (tertiary/aromatic N) is 2. The molecule has 0 unspecified atom stereocenters. The molecule has 7 nitrogen and oxygen atoms in total. The second-order valence-electron chi connectivity index (χ2n) is 7.01. The van der Waals surface area contributed by atoms with Crippen LogP contribution in [-0.2, 0) is 16.0 Å². The molecule has 2 amide bonds. The van der Waals surface area contributed by atoms with Gasteiger partial charge in [0, 0.05) is 30.9 Å². The van der Waals surface area contributed by atoms with Crippen molar-refractivity contribution in [2.75, 3.05) is 37.7 Å². The number of amides is 2. The highest BCUT2D eigenvalue weighted by atomic mass is 32.1. The van der Waals surface area contributed by atoms with Gasteiger partial charge in [0.15, 0.2) is 0 Å². The average Bonchev–Trinajstić information content (AvgIpc) is 3.18. The van der Waals surface area contributed by atoms with E-state index in [1.54, 1.807) is 0 Å². The lowest BCUT2D eigenvalue weighted by Gasteiger charge is -2.24. The molecule has 0 atom stereocenters. The van der Waals surface area contributed by atoms with Gasteiger partial charge in [0.05, 0.1) is 29.8 Å². The van der Waals surface area contributed by atoms with Gasteiger partial charge in [0.25, 0.3) is 0 Å². The Morgan fingerprint density at radius 3 is 2.48 bits per heavy atom. The zero-order valence-corrected chi connectivity index (χ0v) is 18.7. The molecule has 8 heteroatoms. The number of hydrogen-bond acceptors (Lipinski definition) is 6. The predicted octanol–water partition coefficient (Wildman–Crippen LogP) is 2.58. The Bertz CT molecular complexity index is 1030. The molecule has 31 heavy (non-hydrogen) atoms. The van der Waals surface area contributed by atoms with Crippen molar-refractivity contribution in [2.45, 2.75) is 20.3 Å². The van der Waals surface area contributed by atoms with Crippen LogP contribution in [0.3, 0.4) is 0 Å². The van der Waals surface area contributed by atoms with Crippen LogP contribution in [0.4, 0.5) is 5.69 Å². The molecule has 164 valence electrons. The number of anilines is 1. The summed E-state index contributed by atoms with van der Waals surface area (Å²) >= 11 is 1.49. The minimum Gasteiger partial charge on any atom is -0.395 e. The molecule has 2 aromatic carbocycles. The van der Waals surface area contributed by atoms with Crippen LogP contribution in [0.2, 0.25) is 0 Å². The van der Waals surface area contributed by atoms with Gasteiger partial charge in [-0.05, 0) is 31.5 Å². The summed E-state index contributed by atoms with van der Waals surface area (Å²) in [6.45, 7) is 5.97. The maximum atomic E-state index is 12.2. The fraction of sp³-hybridized carbons (Fsp3) is 0.348. The molecular formula is C23H28N4O3S. The van der Waals surface area contributed by atoms with Gasteiger partial charge in [-0.3, -0.25) is 9.59 Å². The fourth-order valence-electron chi connectivity index (χ4n) is 3.40. The van der Waals surface area contributed by atoms with Crippen molar-refractivity contribution < 1.29 is 14.7 Å². The van der Waals surface area contributed by atoms with Gasteiger partial charge in [-0.15, -0.1) is 11.3 Å². The number of nitrogens with one attached hydrogen (secondary N) is 2. The van der Waals surface area contributed by atoms with Crippen LogP contribution in [0.25, 0.3) is 21.3 Å². The number of rotatable bonds is 10. The molecule has 0 fully saturated rings. The number of aliphatic hydroxyl groups is 1. The first-order valence-electron chi connectivity index (χ1n) is 10.4. The van der Waals surface area contributed by atoms with E-state index < -0.39 is 0 Å². The van der Waals surface area contributed by atoms with Gasteiger partial charge >= 0.3 is 0 Å². The van der Waals surface area contributed by atoms with Gasteiger partial charge in [0.1, 0.15) is 5.01 Å². The molecule has 0 aliphatic rings. The number of hydrogen-bond donors (Lipinski definition) is 3. The maximum absolute atomic E-state index is 12.2. The van der Waals surface area contributed by atoms with Crippen LogP contribution >= 0.6 is 11.3 Å². The van der Waals surface area contributed by atoms with Crippen LogP contribution in [0, 0.1) is 0 Å². The topological polar surface area (TPSA) is 94.6 Å². The lowest BCUT2D eigenvalue weighted by atomic mass is 10.0. The average molecular weight is 441 g/mol. The highest BCUT2D eigenvalue weighted by molar-refractivity contribution is 7.18. The van der Waals surface area contributed by atoms with Crippen molar-refractivity contribution in [1.82, 2.24) is 15.6 Å². The van der Waals surface area contributed by atoms with E-state index in [0.717, 1.165) is 40.1 Å². The first-order chi connectivity index (χ1) is 15.0. The summed E-state index contributed by atoms with van der Waals surface area (Å²) < 4.78 is 1.03. The van der Waals surface area contributed by atoms with Gasteiger partial charge in [-0.1, -0.05) is 30.3 Å². The van der Waals surface area contributed by atoms with Crippen LogP contribution in [0.1, 0.15) is 18.9 Å². The van der Waals surface area contributed by atoms with Gasteiger partial charge in [-0.25, -0.2) is 4.98 Å². The molecule has 0 saturated heterocycles.